The molecule has 9 heteroatoms. The number of halogens is 4. The van der Waals surface area contributed by atoms with Crippen molar-refractivity contribution >= 4 is 70.9 Å². The van der Waals surface area contributed by atoms with Gasteiger partial charge >= 0.3 is 0 Å². The Morgan fingerprint density at radius 1 is 1.10 bits per heavy atom. The van der Waals surface area contributed by atoms with E-state index in [1.807, 2.05) is 0 Å². The molecule has 2 rings (SSSR count). The van der Waals surface area contributed by atoms with E-state index in [-0.39, 0.29) is 20.8 Å². The van der Waals surface area contributed by atoms with Crippen molar-refractivity contribution in [1.29, 1.82) is 0 Å². The minimum absolute atomic E-state index is 0.0203. The maximum atomic E-state index is 12.3. The summed E-state index contributed by atoms with van der Waals surface area (Å²) in [5, 5.41) is 0.0405. The SMILES string of the molecule is O=S(=O)(Nc1cccc(Br)n1)c1c(Cl)cc(Br)cc1Cl. The Labute approximate surface area is 142 Å². The molecule has 0 bridgehead atoms. The summed E-state index contributed by atoms with van der Waals surface area (Å²) in [6, 6.07) is 7.76. The zero-order valence-electron chi connectivity index (χ0n) is 9.57. The van der Waals surface area contributed by atoms with E-state index >= 15 is 0 Å². The van der Waals surface area contributed by atoms with E-state index in [2.05, 4.69) is 41.6 Å². The van der Waals surface area contributed by atoms with Crippen LogP contribution in [0, 0.1) is 0 Å². The number of aromatic nitrogens is 1. The van der Waals surface area contributed by atoms with Gasteiger partial charge in [-0.25, -0.2) is 13.4 Å². The maximum Gasteiger partial charge on any atom is 0.266 e. The number of sulfonamides is 1. The fourth-order valence-corrected chi connectivity index (χ4v) is 4.72. The summed E-state index contributed by atoms with van der Waals surface area (Å²) >= 11 is 18.3. The molecule has 0 fully saturated rings. The van der Waals surface area contributed by atoms with Crippen molar-refractivity contribution in [3.63, 3.8) is 0 Å². The van der Waals surface area contributed by atoms with Gasteiger partial charge in [0.1, 0.15) is 15.3 Å². The Balaban J connectivity index is 2.46. The molecule has 4 nitrogen and oxygen atoms in total. The quantitative estimate of drug-likeness (QED) is 0.674. The van der Waals surface area contributed by atoms with Crippen LogP contribution in [0.4, 0.5) is 5.82 Å². The minimum atomic E-state index is -3.93. The smallest absolute Gasteiger partial charge is 0.263 e. The first kappa shape index (κ1) is 16.0. The number of hydrogen-bond donors (Lipinski definition) is 1. The lowest BCUT2D eigenvalue weighted by Gasteiger charge is -2.11. The van der Waals surface area contributed by atoms with Crippen LogP contribution in [0.25, 0.3) is 0 Å². The normalized spacial score (nSPS) is 11.4. The van der Waals surface area contributed by atoms with Crippen molar-refractivity contribution in [3.8, 4) is 0 Å². The van der Waals surface area contributed by atoms with E-state index in [1.165, 1.54) is 18.2 Å². The largest absolute Gasteiger partial charge is 0.266 e. The second-order valence-corrected chi connectivity index (χ2v) is 7.81. The summed E-state index contributed by atoms with van der Waals surface area (Å²) in [5.74, 6) is 0.162. The Bertz CT molecular complexity index is 746. The van der Waals surface area contributed by atoms with Gasteiger partial charge in [0.2, 0.25) is 0 Å². The van der Waals surface area contributed by atoms with Gasteiger partial charge in [-0.2, -0.15) is 0 Å². The molecule has 0 saturated heterocycles. The molecule has 0 aliphatic rings. The Morgan fingerprint density at radius 3 is 2.25 bits per heavy atom. The predicted molar refractivity (Wildman–Crippen MR) is 86.9 cm³/mol. The molecule has 0 atom stereocenters. The first-order chi connectivity index (χ1) is 9.29. The van der Waals surface area contributed by atoms with Gasteiger partial charge in [-0.1, -0.05) is 45.2 Å². The summed E-state index contributed by atoms with van der Waals surface area (Å²) in [7, 11) is -3.93. The highest BCUT2D eigenvalue weighted by Gasteiger charge is 2.23. The highest BCUT2D eigenvalue weighted by Crippen LogP contribution is 2.33. The zero-order valence-corrected chi connectivity index (χ0v) is 15.1. The van der Waals surface area contributed by atoms with Gasteiger partial charge in [0.15, 0.2) is 0 Å². The number of rotatable bonds is 3. The third kappa shape index (κ3) is 3.65. The van der Waals surface area contributed by atoms with Crippen LogP contribution in [0.5, 0.6) is 0 Å². The lowest BCUT2D eigenvalue weighted by Crippen LogP contribution is -2.15. The number of hydrogen-bond acceptors (Lipinski definition) is 3. The highest BCUT2D eigenvalue weighted by atomic mass is 79.9. The molecule has 1 N–H and O–H groups in total. The molecule has 1 aromatic carbocycles. The van der Waals surface area contributed by atoms with Gasteiger partial charge in [0, 0.05) is 4.47 Å². The van der Waals surface area contributed by atoms with Gasteiger partial charge in [0.05, 0.1) is 10.0 Å². The van der Waals surface area contributed by atoms with Crippen molar-refractivity contribution in [3.05, 3.63) is 49.5 Å². The molecule has 0 radical (unpaired) electrons. The van der Waals surface area contributed by atoms with Crippen molar-refractivity contribution in [2.45, 2.75) is 4.90 Å². The molecule has 0 unspecified atom stereocenters. The number of nitrogens with one attached hydrogen (secondary N) is 1. The third-order valence-corrected chi connectivity index (χ3v) is 5.36. The van der Waals surface area contributed by atoms with Crippen molar-refractivity contribution in [2.24, 2.45) is 0 Å². The number of anilines is 1. The Hall–Kier alpha value is -0.340. The molecule has 0 aliphatic heterocycles. The number of benzene rings is 1. The zero-order chi connectivity index (χ0) is 14.9. The van der Waals surface area contributed by atoms with Crippen LogP contribution in [0.1, 0.15) is 0 Å². The molecule has 0 aliphatic carbocycles. The first-order valence-corrected chi connectivity index (χ1v) is 8.92. The number of nitrogens with zero attached hydrogens (tertiary/aromatic N) is 1. The third-order valence-electron chi connectivity index (χ3n) is 2.19. The van der Waals surface area contributed by atoms with Crippen LogP contribution < -0.4 is 4.72 Å². The van der Waals surface area contributed by atoms with Gasteiger partial charge in [-0.05, 0) is 40.2 Å². The van der Waals surface area contributed by atoms with Crippen molar-refractivity contribution < 1.29 is 8.42 Å². The molecule has 20 heavy (non-hydrogen) atoms. The molecule has 1 aromatic heterocycles. The fourth-order valence-electron chi connectivity index (χ4n) is 1.44. The lowest BCUT2D eigenvalue weighted by molar-refractivity contribution is 0.601. The second-order valence-electron chi connectivity index (χ2n) is 3.65. The average molecular weight is 461 g/mol. The summed E-state index contributed by atoms with van der Waals surface area (Å²) in [6.07, 6.45) is 0. The molecule has 106 valence electrons. The van der Waals surface area contributed by atoms with E-state index < -0.39 is 10.0 Å². The van der Waals surface area contributed by atoms with Crippen LogP contribution >= 0.6 is 55.1 Å². The van der Waals surface area contributed by atoms with Crippen LogP contribution in [0.15, 0.2) is 44.3 Å². The first-order valence-electron chi connectivity index (χ1n) is 5.09. The van der Waals surface area contributed by atoms with Crippen LogP contribution in [-0.2, 0) is 10.0 Å². The Morgan fingerprint density at radius 2 is 1.70 bits per heavy atom. The van der Waals surface area contributed by atoms with Crippen molar-refractivity contribution in [1.82, 2.24) is 4.98 Å². The Kier molecular flexibility index (Phi) is 4.96. The van der Waals surface area contributed by atoms with Gasteiger partial charge in [-0.3, -0.25) is 4.72 Å². The van der Waals surface area contributed by atoms with E-state index in [1.54, 1.807) is 12.1 Å². The van der Waals surface area contributed by atoms with E-state index in [9.17, 15) is 8.42 Å². The highest BCUT2D eigenvalue weighted by molar-refractivity contribution is 9.10. The summed E-state index contributed by atoms with van der Waals surface area (Å²) in [5.41, 5.74) is 0. The molecular formula is C11H6Br2Cl2N2O2S. The second kappa shape index (κ2) is 6.19. The van der Waals surface area contributed by atoms with Crippen molar-refractivity contribution in [2.75, 3.05) is 4.72 Å². The minimum Gasteiger partial charge on any atom is -0.263 e. The summed E-state index contributed by atoms with van der Waals surface area (Å²) < 4.78 is 28.0. The maximum absolute atomic E-state index is 12.3. The van der Waals surface area contributed by atoms with E-state index in [0.717, 1.165) is 0 Å². The van der Waals surface area contributed by atoms with E-state index in [4.69, 9.17) is 23.2 Å². The van der Waals surface area contributed by atoms with Gasteiger partial charge in [0.25, 0.3) is 10.0 Å². The summed E-state index contributed by atoms with van der Waals surface area (Å²) in [6.45, 7) is 0. The predicted octanol–water partition coefficient (Wildman–Crippen LogP) is 4.71. The van der Waals surface area contributed by atoms with E-state index in [0.29, 0.717) is 9.08 Å². The van der Waals surface area contributed by atoms with Gasteiger partial charge in [-0.15, -0.1) is 0 Å². The lowest BCUT2D eigenvalue weighted by atomic mass is 10.4. The summed E-state index contributed by atoms with van der Waals surface area (Å²) in [4.78, 5) is 3.80. The number of pyridine rings is 1. The fraction of sp³-hybridized carbons (Fsp3) is 0. The monoisotopic (exact) mass is 458 g/mol. The molecule has 2 aromatic rings. The van der Waals surface area contributed by atoms with Gasteiger partial charge < -0.3 is 0 Å². The van der Waals surface area contributed by atoms with Crippen LogP contribution in [0.3, 0.4) is 0 Å². The molecule has 0 spiro atoms. The molecule has 0 amide bonds. The molecular weight excluding hydrogens is 455 g/mol. The topological polar surface area (TPSA) is 59.1 Å². The van der Waals surface area contributed by atoms with Crippen LogP contribution in [-0.4, -0.2) is 13.4 Å². The standard InChI is InChI=1S/C11H6Br2Cl2N2O2S/c12-6-4-7(14)11(8(15)5-6)20(18,19)17-10-3-1-2-9(13)16-10/h1-5H,(H,16,17). The van der Waals surface area contributed by atoms with Crippen LogP contribution in [0.2, 0.25) is 10.0 Å². The average Bonchev–Trinajstić information content (AvgIpc) is 2.25. The molecule has 1 heterocycles. The molecule has 0 saturated carbocycles.